The van der Waals surface area contributed by atoms with Gasteiger partial charge < -0.3 is 69.7 Å². The fourth-order valence-corrected chi connectivity index (χ4v) is 110. The predicted octanol–water partition coefficient (Wildman–Crippen LogP) is -3.14. The van der Waals surface area contributed by atoms with Crippen molar-refractivity contribution in [2.75, 3.05) is 0 Å². The quantitative estimate of drug-likeness (QED) is 0.104. The van der Waals surface area contributed by atoms with Crippen molar-refractivity contribution in [3.8, 4) is 0 Å². The SMILES string of the molecule is C[SiH](O[Si][Si](=O)[Si](=O)[Si](=O)[Si](=O)[Si](=O)[Si](=O)[Si](=O)[Si](=O)O[Si](C)(C)O[Si](C)(C)C)O[Si](=O)[Si](=O)[Si](=O)[Si]O[Si](C)(C)C. The molecule has 0 N–H and O–H groups in total. The monoisotopic (exact) mass is 868 g/mol. The first-order valence-corrected chi connectivity index (χ1v) is 51.5. The first kappa shape index (κ1) is 43.0. The van der Waals surface area contributed by atoms with Crippen LogP contribution < -0.4 is 0 Å². The Hall–Kier alpha value is 0.967. The molecule has 1 unspecified atom stereocenters. The lowest BCUT2D eigenvalue weighted by molar-refractivity contribution is 0.377. The van der Waals surface area contributed by atoms with Crippen LogP contribution in [0.2, 0.25) is 58.9 Å². The number of hydrogen-bond acceptors (Lipinski definition) is 16. The topological polar surface area (TPSA) is 234 Å². The van der Waals surface area contributed by atoms with Gasteiger partial charge in [-0.15, -0.1) is 0 Å². The van der Waals surface area contributed by atoms with E-state index >= 15 is 0 Å². The molecule has 0 aromatic rings. The third kappa shape index (κ3) is 16.5. The van der Waals surface area contributed by atoms with Crippen molar-refractivity contribution in [2.24, 2.45) is 0 Å². The molecule has 4 radical (unpaired) electrons. The molecule has 42 heavy (non-hydrogen) atoms. The molecule has 0 aromatic heterocycles. The molecule has 1 atom stereocenters. The fraction of sp³-hybridized carbons (Fsp3) is 1.00. The summed E-state index contributed by atoms with van der Waals surface area (Å²) in [5.41, 5.74) is 0. The molecule has 228 valence electrons. The zero-order valence-electron chi connectivity index (χ0n) is 24.1. The summed E-state index contributed by atoms with van der Waals surface area (Å²) < 4.78 is 163. The second-order valence-electron chi connectivity index (χ2n) is 10.5. The molecule has 0 spiro atoms. The van der Waals surface area contributed by atoms with E-state index in [1.54, 1.807) is 0 Å². The molecule has 16 nitrogen and oxygen atoms in total. The number of rotatable bonds is 21. The van der Waals surface area contributed by atoms with Crippen LogP contribution in [0.25, 0.3) is 0 Å². The Morgan fingerprint density at radius 2 is 0.952 bits per heavy atom. The molecular formula is C9H28O16Si17. The van der Waals surface area contributed by atoms with E-state index in [0.29, 0.717) is 0 Å². The maximum absolute atomic E-state index is 12.5. The highest BCUT2D eigenvalue weighted by Gasteiger charge is 2.51. The smallest absolute Gasteiger partial charge is 0.533 e. The average molecular weight is 870 g/mol. The van der Waals surface area contributed by atoms with E-state index in [9.17, 15) is 49.1 Å². The number of hydrogen-bond donors (Lipinski definition) is 0. The van der Waals surface area contributed by atoms with Crippen LogP contribution in [-0.4, -0.2) is 139 Å². The highest BCUT2D eigenvalue weighted by molar-refractivity contribution is 7.74. The molecule has 0 aliphatic rings. The Balaban J connectivity index is 5.05. The van der Waals surface area contributed by atoms with E-state index in [-0.39, 0.29) is 0 Å². The minimum absolute atomic E-state index is 0.562. The third-order valence-electron chi connectivity index (χ3n) is 3.75. The molecule has 33 heteroatoms. The van der Waals surface area contributed by atoms with Crippen LogP contribution in [0.3, 0.4) is 0 Å². The molecule has 0 aliphatic carbocycles. The molecule has 0 aliphatic heterocycles. The lowest BCUT2D eigenvalue weighted by Gasteiger charge is -2.30. The summed E-state index contributed by atoms with van der Waals surface area (Å²) in [5.74, 6) is 0. The fourth-order valence-electron chi connectivity index (χ4n) is 2.39. The minimum Gasteiger partial charge on any atom is -0.560 e. The second kappa shape index (κ2) is 18.3. The Kier molecular flexibility index (Phi) is 18.8. The van der Waals surface area contributed by atoms with Gasteiger partial charge in [0.25, 0.3) is 18.6 Å². The Morgan fingerprint density at radius 1 is 0.524 bits per heavy atom. The molecule has 0 saturated heterocycles. The van der Waals surface area contributed by atoms with Crippen molar-refractivity contribution in [1.29, 1.82) is 0 Å². The lowest BCUT2D eigenvalue weighted by atomic mass is 11.8. The van der Waals surface area contributed by atoms with Crippen LogP contribution in [0.15, 0.2) is 0 Å². The summed E-state index contributed by atoms with van der Waals surface area (Å²) >= 11 is 0. The molecule has 0 saturated carbocycles. The molecule has 0 heterocycles. The zero-order chi connectivity index (χ0) is 33.4. The van der Waals surface area contributed by atoms with Gasteiger partial charge in [0.05, 0.1) is 0 Å². The van der Waals surface area contributed by atoms with Crippen LogP contribution in [0, 0.1) is 0 Å². The van der Waals surface area contributed by atoms with Gasteiger partial charge in [-0.2, -0.15) is 0 Å². The largest absolute Gasteiger partial charge is 0.560 e. The highest BCUT2D eigenvalue weighted by Crippen LogP contribution is 2.15. The lowest BCUT2D eigenvalue weighted by Crippen LogP contribution is -2.54. The van der Waals surface area contributed by atoms with Gasteiger partial charge in [0.1, 0.15) is 0 Å². The van der Waals surface area contributed by atoms with E-state index in [1.165, 1.54) is 19.6 Å². The van der Waals surface area contributed by atoms with E-state index in [0.717, 1.165) is 0 Å². The summed E-state index contributed by atoms with van der Waals surface area (Å²) in [6.45, 7) is 15.4. The predicted molar refractivity (Wildman–Crippen MR) is 165 cm³/mol. The summed E-state index contributed by atoms with van der Waals surface area (Å²) in [7, 11) is -50.3. The van der Waals surface area contributed by atoms with Crippen molar-refractivity contribution in [3.63, 3.8) is 0 Å². The normalized spacial score (nSPS) is 12.4. The minimum atomic E-state index is -3.85. The van der Waals surface area contributed by atoms with E-state index in [1.807, 2.05) is 39.3 Å². The van der Waals surface area contributed by atoms with Crippen LogP contribution in [0.4, 0.5) is 0 Å². The van der Waals surface area contributed by atoms with Crippen molar-refractivity contribution >= 4 is 139 Å². The van der Waals surface area contributed by atoms with Gasteiger partial charge in [0.2, 0.25) is 0 Å². The first-order valence-electron chi connectivity index (χ1n) is 11.7. The maximum atomic E-state index is 12.5. The Morgan fingerprint density at radius 3 is 1.40 bits per heavy atom. The standard InChI is InChI=1S/C9H28O16Si17/c1-28(23-29(10)33(14)32(13)27-22-40(2,3)4)21-26-31(12)35(16)37(18)39(20)38(19)36(17)34(15)30(11)24-42(8,9)25-41(5,6)7/h28H,1-9H3. The van der Waals surface area contributed by atoms with Crippen LogP contribution in [0.5, 0.6) is 0 Å². The van der Waals surface area contributed by atoms with Crippen LogP contribution >= 0.6 is 0 Å². The third-order valence-corrected chi connectivity index (χ3v) is 87.5. The summed E-state index contributed by atoms with van der Waals surface area (Å²) in [5, 5.41) is 0. The van der Waals surface area contributed by atoms with Gasteiger partial charge in [0, 0.05) is 0 Å². The molecule has 0 amide bonds. The van der Waals surface area contributed by atoms with E-state index in [4.69, 9.17) is 20.6 Å². The van der Waals surface area contributed by atoms with Gasteiger partial charge >= 0.3 is 104 Å². The Bertz CT molecular complexity index is 1230. The van der Waals surface area contributed by atoms with Crippen molar-refractivity contribution in [2.45, 2.75) is 58.9 Å². The van der Waals surface area contributed by atoms with Crippen LogP contribution in [-0.2, 0) is 69.7 Å². The van der Waals surface area contributed by atoms with Crippen molar-refractivity contribution in [3.05, 3.63) is 0 Å². The second-order valence-corrected chi connectivity index (χ2v) is 76.4. The first-order chi connectivity index (χ1) is 18.8. The van der Waals surface area contributed by atoms with Gasteiger partial charge in [0.15, 0.2) is 16.6 Å². The summed E-state index contributed by atoms with van der Waals surface area (Å²) in [4.78, 5) is 0. The molecule has 0 bridgehead atoms. The summed E-state index contributed by atoms with van der Waals surface area (Å²) in [6.07, 6.45) is 0. The van der Waals surface area contributed by atoms with Gasteiger partial charge in [-0.3, -0.25) is 0 Å². The van der Waals surface area contributed by atoms with Gasteiger partial charge in [-0.1, -0.05) is 0 Å². The van der Waals surface area contributed by atoms with E-state index < -0.39 is 139 Å². The average Bonchev–Trinajstić information content (AvgIpc) is 2.84. The van der Waals surface area contributed by atoms with Crippen molar-refractivity contribution in [1.82, 2.24) is 0 Å². The van der Waals surface area contributed by atoms with Crippen LogP contribution in [0.1, 0.15) is 0 Å². The van der Waals surface area contributed by atoms with Gasteiger partial charge in [-0.25, -0.2) is 0 Å². The summed E-state index contributed by atoms with van der Waals surface area (Å²) in [6, 6.07) is 0. The molecule has 0 fully saturated rings. The van der Waals surface area contributed by atoms with Crippen molar-refractivity contribution < 1.29 is 69.7 Å². The molecular weight excluding hydrogens is 842 g/mol. The van der Waals surface area contributed by atoms with E-state index in [2.05, 4.69) is 0 Å². The van der Waals surface area contributed by atoms with Gasteiger partial charge in [-0.05, 0) is 58.9 Å². The molecule has 0 rings (SSSR count). The highest BCUT2D eigenvalue weighted by atomic mass is 30.0. The Labute approximate surface area is 266 Å². The maximum Gasteiger partial charge on any atom is 0.533 e. The zero-order valence-corrected chi connectivity index (χ0v) is 41.3. The molecule has 0 aromatic carbocycles.